The van der Waals surface area contributed by atoms with E-state index in [0.29, 0.717) is 13.1 Å². The number of carbonyl (C=O) groups is 2. The van der Waals surface area contributed by atoms with Crippen molar-refractivity contribution in [1.29, 1.82) is 0 Å². The number of carbonyl (C=O) groups excluding carboxylic acids is 2. The normalized spacial score (nSPS) is 21.6. The van der Waals surface area contributed by atoms with E-state index in [-0.39, 0.29) is 18.1 Å². The van der Waals surface area contributed by atoms with Gasteiger partial charge in [-0.05, 0) is 31.4 Å². The van der Waals surface area contributed by atoms with Gasteiger partial charge in [0.15, 0.2) is 0 Å². The number of likely N-dealkylation sites (tertiary alicyclic amines) is 1. The summed E-state index contributed by atoms with van der Waals surface area (Å²) in [6.45, 7) is 2.94. The Bertz CT molecular complexity index is 573. The summed E-state index contributed by atoms with van der Waals surface area (Å²) in [6, 6.07) is 5.53. The molecule has 0 aliphatic carbocycles. The molecule has 1 aromatic rings. The van der Waals surface area contributed by atoms with Gasteiger partial charge in [0.2, 0.25) is 0 Å². The molecule has 0 spiro atoms. The molecule has 0 radical (unpaired) electrons. The Morgan fingerprint density at radius 3 is 2.50 bits per heavy atom. The van der Waals surface area contributed by atoms with Crippen molar-refractivity contribution in [3.8, 4) is 0 Å². The van der Waals surface area contributed by atoms with Crippen LogP contribution in [-0.4, -0.2) is 60.2 Å². The molecule has 2 aliphatic rings. The number of nitrogens with two attached hydrogens (primary N) is 1. The van der Waals surface area contributed by atoms with Gasteiger partial charge in [0.1, 0.15) is 5.82 Å². The van der Waals surface area contributed by atoms with Gasteiger partial charge in [-0.2, -0.15) is 0 Å². The van der Waals surface area contributed by atoms with E-state index in [4.69, 9.17) is 5.73 Å². The molecule has 2 fully saturated rings. The fourth-order valence-corrected chi connectivity index (χ4v) is 3.32. The highest BCUT2D eigenvalue weighted by Crippen LogP contribution is 2.18. The minimum absolute atomic E-state index is 0.0274. The van der Waals surface area contributed by atoms with E-state index < -0.39 is 6.03 Å². The number of amides is 4. The Labute approximate surface area is 141 Å². The molecule has 24 heavy (non-hydrogen) atoms. The SMILES string of the molecule is NC(=O)NC1CCN(C(=O)NC2CCN(c3ccccn3)C2)CC1. The highest BCUT2D eigenvalue weighted by molar-refractivity contribution is 5.75. The molecule has 1 aromatic heterocycles. The Hall–Kier alpha value is -2.51. The van der Waals surface area contributed by atoms with Gasteiger partial charge in [-0.25, -0.2) is 14.6 Å². The summed E-state index contributed by atoms with van der Waals surface area (Å²) in [5, 5.41) is 5.81. The molecular weight excluding hydrogens is 308 g/mol. The third-order valence-corrected chi connectivity index (χ3v) is 4.62. The lowest BCUT2D eigenvalue weighted by Crippen LogP contribution is -2.52. The number of urea groups is 2. The Morgan fingerprint density at radius 2 is 1.83 bits per heavy atom. The molecule has 1 atom stereocenters. The van der Waals surface area contributed by atoms with Gasteiger partial charge in [0.25, 0.3) is 0 Å². The summed E-state index contributed by atoms with van der Waals surface area (Å²) in [5.74, 6) is 0.951. The standard InChI is InChI=1S/C16H24N6O2/c17-15(23)19-12-4-8-21(9-5-12)16(24)20-13-6-10-22(11-13)14-3-1-2-7-18-14/h1-3,7,12-13H,4-6,8-11H2,(H,20,24)(H3,17,19,23). The lowest BCUT2D eigenvalue weighted by atomic mass is 10.1. The Kier molecular flexibility index (Phi) is 5.02. The Balaban J connectivity index is 1.44. The fourth-order valence-electron chi connectivity index (χ4n) is 3.32. The third kappa shape index (κ3) is 4.06. The second kappa shape index (κ2) is 7.37. The van der Waals surface area contributed by atoms with E-state index in [9.17, 15) is 9.59 Å². The van der Waals surface area contributed by atoms with Gasteiger partial charge in [0.05, 0.1) is 0 Å². The molecule has 2 saturated heterocycles. The second-order valence-electron chi connectivity index (χ2n) is 6.34. The maximum atomic E-state index is 12.4. The van der Waals surface area contributed by atoms with E-state index >= 15 is 0 Å². The van der Waals surface area contributed by atoms with Gasteiger partial charge in [-0.3, -0.25) is 0 Å². The van der Waals surface area contributed by atoms with E-state index in [1.54, 1.807) is 6.20 Å². The average molecular weight is 332 g/mol. The highest BCUT2D eigenvalue weighted by atomic mass is 16.2. The van der Waals surface area contributed by atoms with Crippen molar-refractivity contribution in [3.63, 3.8) is 0 Å². The van der Waals surface area contributed by atoms with Crippen LogP contribution < -0.4 is 21.3 Å². The van der Waals surface area contributed by atoms with Crippen molar-refractivity contribution in [2.75, 3.05) is 31.1 Å². The number of anilines is 1. The summed E-state index contributed by atoms with van der Waals surface area (Å²) in [4.78, 5) is 31.6. The number of pyridine rings is 1. The summed E-state index contributed by atoms with van der Waals surface area (Å²) in [6.07, 6.45) is 4.18. The number of aromatic nitrogens is 1. The first-order valence-corrected chi connectivity index (χ1v) is 8.39. The van der Waals surface area contributed by atoms with E-state index in [1.807, 2.05) is 23.1 Å². The lowest BCUT2D eigenvalue weighted by Gasteiger charge is -2.32. The van der Waals surface area contributed by atoms with Crippen LogP contribution in [0.5, 0.6) is 0 Å². The largest absolute Gasteiger partial charge is 0.354 e. The Morgan fingerprint density at radius 1 is 1.08 bits per heavy atom. The molecule has 2 aliphatic heterocycles. The van der Waals surface area contributed by atoms with Crippen LogP contribution in [0.3, 0.4) is 0 Å². The number of nitrogens with one attached hydrogen (secondary N) is 2. The minimum Gasteiger partial charge on any atom is -0.354 e. The van der Waals surface area contributed by atoms with E-state index in [0.717, 1.165) is 38.2 Å². The zero-order valence-corrected chi connectivity index (χ0v) is 13.6. The average Bonchev–Trinajstić information content (AvgIpc) is 3.04. The van der Waals surface area contributed by atoms with Crippen LogP contribution in [0.15, 0.2) is 24.4 Å². The molecule has 3 heterocycles. The van der Waals surface area contributed by atoms with E-state index in [1.165, 1.54) is 0 Å². The first kappa shape index (κ1) is 16.4. The van der Waals surface area contributed by atoms with Crippen LogP contribution in [0, 0.1) is 0 Å². The molecule has 4 N–H and O–H groups in total. The molecule has 1 unspecified atom stereocenters. The number of rotatable bonds is 3. The third-order valence-electron chi connectivity index (χ3n) is 4.62. The number of hydrogen-bond acceptors (Lipinski definition) is 4. The summed E-state index contributed by atoms with van der Waals surface area (Å²) >= 11 is 0. The molecule has 0 saturated carbocycles. The number of nitrogens with zero attached hydrogens (tertiary/aromatic N) is 3. The van der Waals surface area contributed by atoms with Crippen molar-refractivity contribution >= 4 is 17.9 Å². The van der Waals surface area contributed by atoms with Gasteiger partial charge in [0, 0.05) is 44.5 Å². The van der Waals surface area contributed by atoms with Crippen molar-refractivity contribution in [3.05, 3.63) is 24.4 Å². The lowest BCUT2D eigenvalue weighted by molar-refractivity contribution is 0.174. The maximum absolute atomic E-state index is 12.4. The van der Waals surface area contributed by atoms with Crippen LogP contribution >= 0.6 is 0 Å². The van der Waals surface area contributed by atoms with Crippen molar-refractivity contribution < 1.29 is 9.59 Å². The van der Waals surface area contributed by atoms with Crippen LogP contribution in [0.25, 0.3) is 0 Å². The number of piperidine rings is 1. The minimum atomic E-state index is -0.501. The molecule has 8 nitrogen and oxygen atoms in total. The molecule has 8 heteroatoms. The predicted octanol–water partition coefficient (Wildman–Crippen LogP) is 0.503. The van der Waals surface area contributed by atoms with Gasteiger partial charge in [-0.1, -0.05) is 6.07 Å². The maximum Gasteiger partial charge on any atom is 0.317 e. The first-order chi connectivity index (χ1) is 11.6. The predicted molar refractivity (Wildman–Crippen MR) is 90.7 cm³/mol. The van der Waals surface area contributed by atoms with Crippen LogP contribution in [0.1, 0.15) is 19.3 Å². The first-order valence-electron chi connectivity index (χ1n) is 8.39. The molecule has 130 valence electrons. The zero-order chi connectivity index (χ0) is 16.9. The van der Waals surface area contributed by atoms with Gasteiger partial charge < -0.3 is 26.2 Å². The smallest absolute Gasteiger partial charge is 0.317 e. The summed E-state index contributed by atoms with van der Waals surface area (Å²) in [7, 11) is 0. The summed E-state index contributed by atoms with van der Waals surface area (Å²) < 4.78 is 0. The van der Waals surface area contributed by atoms with Crippen molar-refractivity contribution in [1.82, 2.24) is 20.5 Å². The molecule has 3 rings (SSSR count). The topological polar surface area (TPSA) is 104 Å². The van der Waals surface area contributed by atoms with Gasteiger partial charge >= 0.3 is 12.1 Å². The van der Waals surface area contributed by atoms with Gasteiger partial charge in [-0.15, -0.1) is 0 Å². The highest BCUT2D eigenvalue weighted by Gasteiger charge is 2.28. The van der Waals surface area contributed by atoms with Crippen molar-refractivity contribution in [2.45, 2.75) is 31.3 Å². The molecule has 0 aromatic carbocycles. The monoisotopic (exact) mass is 332 g/mol. The van der Waals surface area contributed by atoms with Crippen LogP contribution in [0.4, 0.5) is 15.4 Å². The summed E-state index contributed by atoms with van der Waals surface area (Å²) in [5.41, 5.74) is 5.13. The number of hydrogen-bond donors (Lipinski definition) is 3. The fraction of sp³-hybridized carbons (Fsp3) is 0.562. The zero-order valence-electron chi connectivity index (χ0n) is 13.6. The molecule has 4 amide bonds. The number of primary amides is 1. The van der Waals surface area contributed by atoms with Crippen LogP contribution in [0.2, 0.25) is 0 Å². The van der Waals surface area contributed by atoms with E-state index in [2.05, 4.69) is 20.5 Å². The van der Waals surface area contributed by atoms with Crippen molar-refractivity contribution in [2.24, 2.45) is 5.73 Å². The quantitative estimate of drug-likeness (QED) is 0.750. The second-order valence-corrected chi connectivity index (χ2v) is 6.34. The molecule has 0 bridgehead atoms. The van der Waals surface area contributed by atoms with Crippen LogP contribution in [-0.2, 0) is 0 Å². The molecular formula is C16H24N6O2.